The van der Waals surface area contributed by atoms with E-state index in [0.717, 1.165) is 12.8 Å². The van der Waals surface area contributed by atoms with E-state index in [-0.39, 0.29) is 23.4 Å². The molecule has 0 aromatic carbocycles. The predicted octanol–water partition coefficient (Wildman–Crippen LogP) is 2.31. The fourth-order valence-corrected chi connectivity index (χ4v) is 2.45. The number of anilines is 1. The summed E-state index contributed by atoms with van der Waals surface area (Å²) in [7, 11) is 0. The van der Waals surface area contributed by atoms with Crippen LogP contribution >= 0.6 is 11.3 Å². The maximum Gasteiger partial charge on any atom is 0.355 e. The number of aromatic carboxylic acids is 1. The Morgan fingerprint density at radius 2 is 2.12 bits per heavy atom. The summed E-state index contributed by atoms with van der Waals surface area (Å²) in [5, 5.41) is 12.1. The number of amides is 1. The highest BCUT2D eigenvalue weighted by molar-refractivity contribution is 7.16. The third-order valence-corrected chi connectivity index (χ3v) is 3.83. The number of carboxylic acids is 1. The average Bonchev–Trinajstić information content (AvgIpc) is 2.99. The molecule has 2 N–H and O–H groups in total. The zero-order chi connectivity index (χ0) is 12.6. The number of hydrogen-bond donors (Lipinski definition) is 2. The van der Waals surface area contributed by atoms with Gasteiger partial charge < -0.3 is 10.4 Å². The summed E-state index contributed by atoms with van der Waals surface area (Å²) in [4.78, 5) is 27.2. The molecule has 0 atom stereocenters. The van der Waals surface area contributed by atoms with Gasteiger partial charge in [0.2, 0.25) is 5.91 Å². The van der Waals surface area contributed by atoms with Crippen LogP contribution in [0.4, 0.5) is 5.13 Å². The normalized spacial score (nSPS) is 15.0. The molecule has 92 valence electrons. The zero-order valence-corrected chi connectivity index (χ0v) is 10.5. The molecule has 0 spiro atoms. The van der Waals surface area contributed by atoms with E-state index in [4.69, 9.17) is 5.11 Å². The molecule has 1 saturated carbocycles. The maximum atomic E-state index is 11.5. The van der Waals surface area contributed by atoms with Crippen molar-refractivity contribution in [2.45, 2.75) is 32.6 Å². The third kappa shape index (κ3) is 2.63. The second-order valence-corrected chi connectivity index (χ2v) is 5.49. The summed E-state index contributed by atoms with van der Waals surface area (Å²) in [6, 6.07) is 0. The lowest BCUT2D eigenvalue weighted by Crippen LogP contribution is -2.13. The van der Waals surface area contributed by atoms with Gasteiger partial charge in [0.05, 0.1) is 0 Å². The highest BCUT2D eigenvalue weighted by Gasteiger charge is 2.30. The van der Waals surface area contributed by atoms with Crippen molar-refractivity contribution in [2.75, 3.05) is 5.32 Å². The Bertz CT molecular complexity index is 463. The second-order valence-electron chi connectivity index (χ2n) is 4.46. The van der Waals surface area contributed by atoms with Gasteiger partial charge in [0, 0.05) is 10.8 Å². The van der Waals surface area contributed by atoms with Crippen LogP contribution in [-0.4, -0.2) is 22.0 Å². The smallest absolute Gasteiger partial charge is 0.355 e. The zero-order valence-electron chi connectivity index (χ0n) is 9.69. The van der Waals surface area contributed by atoms with Crippen LogP contribution in [0.5, 0.6) is 0 Å². The van der Waals surface area contributed by atoms with Crippen molar-refractivity contribution in [3.05, 3.63) is 10.6 Å². The number of carbonyl (C=O) groups is 2. The molecule has 0 radical (unpaired) electrons. The van der Waals surface area contributed by atoms with E-state index in [1.807, 2.05) is 13.8 Å². The number of carbonyl (C=O) groups excluding carboxylic acids is 1. The molecule has 17 heavy (non-hydrogen) atoms. The molecule has 0 saturated heterocycles. The fourth-order valence-electron chi connectivity index (χ4n) is 1.48. The molecule has 1 amide bonds. The van der Waals surface area contributed by atoms with Crippen molar-refractivity contribution in [2.24, 2.45) is 5.92 Å². The highest BCUT2D eigenvalue weighted by atomic mass is 32.1. The fraction of sp³-hybridized carbons (Fsp3) is 0.545. The summed E-state index contributed by atoms with van der Waals surface area (Å²) < 4.78 is 0. The van der Waals surface area contributed by atoms with E-state index >= 15 is 0 Å². The van der Waals surface area contributed by atoms with E-state index < -0.39 is 5.97 Å². The molecule has 6 heteroatoms. The van der Waals surface area contributed by atoms with Gasteiger partial charge in [-0.15, -0.1) is 11.3 Å². The van der Waals surface area contributed by atoms with Crippen molar-refractivity contribution >= 4 is 28.3 Å². The Morgan fingerprint density at radius 1 is 1.47 bits per heavy atom. The first kappa shape index (κ1) is 12.0. The predicted molar refractivity (Wildman–Crippen MR) is 64.5 cm³/mol. The number of aromatic nitrogens is 1. The van der Waals surface area contributed by atoms with Crippen LogP contribution in [0.1, 0.15) is 48.0 Å². The van der Waals surface area contributed by atoms with Gasteiger partial charge in [-0.05, 0) is 18.8 Å². The topological polar surface area (TPSA) is 79.3 Å². The molecule has 1 fully saturated rings. The molecule has 1 aliphatic rings. The van der Waals surface area contributed by atoms with E-state index in [1.165, 1.54) is 11.3 Å². The summed E-state index contributed by atoms with van der Waals surface area (Å²) >= 11 is 1.25. The van der Waals surface area contributed by atoms with Crippen LogP contribution in [0.3, 0.4) is 0 Å². The molecule has 1 aromatic rings. The lowest BCUT2D eigenvalue weighted by molar-refractivity contribution is -0.117. The largest absolute Gasteiger partial charge is 0.476 e. The molecule has 2 rings (SSSR count). The Hall–Kier alpha value is -1.43. The first-order valence-electron chi connectivity index (χ1n) is 5.54. The second kappa shape index (κ2) is 4.44. The lowest BCUT2D eigenvalue weighted by atomic mass is 10.1. The van der Waals surface area contributed by atoms with E-state index in [1.54, 1.807) is 0 Å². The van der Waals surface area contributed by atoms with Crippen LogP contribution in [-0.2, 0) is 4.79 Å². The third-order valence-electron chi connectivity index (χ3n) is 2.56. The summed E-state index contributed by atoms with van der Waals surface area (Å²) in [6.07, 6.45) is 1.83. The molecule has 0 unspecified atom stereocenters. The van der Waals surface area contributed by atoms with Crippen LogP contribution in [0, 0.1) is 5.92 Å². The summed E-state index contributed by atoms with van der Waals surface area (Å²) in [6.45, 7) is 3.82. The monoisotopic (exact) mass is 254 g/mol. The van der Waals surface area contributed by atoms with E-state index in [2.05, 4.69) is 10.3 Å². The van der Waals surface area contributed by atoms with Gasteiger partial charge in [-0.25, -0.2) is 9.78 Å². The standard InChI is InChI=1S/C11H14N2O3S/c1-5(2)8-7(10(15)16)12-11(17-8)13-9(14)6-3-4-6/h5-6H,3-4H2,1-2H3,(H,15,16)(H,12,13,14). The first-order chi connectivity index (χ1) is 7.99. The van der Waals surface area contributed by atoms with Gasteiger partial charge in [-0.1, -0.05) is 13.8 Å². The molecular formula is C11H14N2O3S. The number of rotatable bonds is 4. The van der Waals surface area contributed by atoms with Crippen LogP contribution < -0.4 is 5.32 Å². The van der Waals surface area contributed by atoms with E-state index in [0.29, 0.717) is 10.0 Å². The van der Waals surface area contributed by atoms with E-state index in [9.17, 15) is 9.59 Å². The molecular weight excluding hydrogens is 240 g/mol. The van der Waals surface area contributed by atoms with Gasteiger partial charge in [0.1, 0.15) is 0 Å². The minimum atomic E-state index is -1.04. The summed E-state index contributed by atoms with van der Waals surface area (Å²) in [5.74, 6) is -0.914. The van der Waals surface area contributed by atoms with Crippen LogP contribution in [0.2, 0.25) is 0 Å². The minimum Gasteiger partial charge on any atom is -0.476 e. The van der Waals surface area contributed by atoms with Crippen LogP contribution in [0.15, 0.2) is 0 Å². The van der Waals surface area contributed by atoms with Crippen molar-refractivity contribution in [3.63, 3.8) is 0 Å². The average molecular weight is 254 g/mol. The van der Waals surface area contributed by atoms with Gasteiger partial charge in [-0.3, -0.25) is 4.79 Å². The van der Waals surface area contributed by atoms with Gasteiger partial charge in [-0.2, -0.15) is 0 Å². The number of nitrogens with one attached hydrogen (secondary N) is 1. The molecule has 1 heterocycles. The van der Waals surface area contributed by atoms with Crippen molar-refractivity contribution in [1.29, 1.82) is 0 Å². The van der Waals surface area contributed by atoms with Gasteiger partial charge in [0.25, 0.3) is 0 Å². The quantitative estimate of drug-likeness (QED) is 0.864. The highest BCUT2D eigenvalue weighted by Crippen LogP contribution is 2.33. The SMILES string of the molecule is CC(C)c1sc(NC(=O)C2CC2)nc1C(=O)O. The number of nitrogens with zero attached hydrogens (tertiary/aromatic N) is 1. The molecule has 1 aliphatic carbocycles. The first-order valence-corrected chi connectivity index (χ1v) is 6.35. The van der Waals surface area contributed by atoms with Gasteiger partial charge >= 0.3 is 5.97 Å². The lowest BCUT2D eigenvalue weighted by Gasteiger charge is -2.00. The minimum absolute atomic E-state index is 0.0500. The molecule has 5 nitrogen and oxygen atoms in total. The van der Waals surface area contributed by atoms with Crippen molar-refractivity contribution in [1.82, 2.24) is 4.98 Å². The number of carboxylic acid groups (broad SMARTS) is 1. The molecule has 0 bridgehead atoms. The number of thiazole rings is 1. The maximum absolute atomic E-state index is 11.5. The molecule has 0 aliphatic heterocycles. The van der Waals surface area contributed by atoms with Gasteiger partial charge in [0.15, 0.2) is 10.8 Å². The Morgan fingerprint density at radius 3 is 2.53 bits per heavy atom. The Labute approximate surface area is 103 Å². The Balaban J connectivity index is 2.20. The van der Waals surface area contributed by atoms with Crippen molar-refractivity contribution < 1.29 is 14.7 Å². The number of hydrogen-bond acceptors (Lipinski definition) is 4. The van der Waals surface area contributed by atoms with Crippen LogP contribution in [0.25, 0.3) is 0 Å². The van der Waals surface area contributed by atoms with Crippen molar-refractivity contribution in [3.8, 4) is 0 Å². The molecule has 1 aromatic heterocycles. The Kier molecular flexibility index (Phi) is 3.15. The summed E-state index contributed by atoms with van der Waals surface area (Å²) in [5.41, 5.74) is 0.0519.